The quantitative estimate of drug-likeness (QED) is 0.656. The average Bonchev–Trinajstić information content (AvgIpc) is 3.13. The standard InChI is InChI=1S/C22H29N3O4S/c1-2-29-19(27)9-8-18(26)24-11-10-16-17(13-24)30-21-20(16)22(28)25(14-23-21)12-15-6-4-3-5-7-15/h14-15H,2-13H2,1H3. The molecule has 3 heterocycles. The SMILES string of the molecule is CCOC(=O)CCC(=O)N1CCc2c(sc3ncn(CC4CCCCC4)c(=O)c23)C1. The van der Waals surface area contributed by atoms with Gasteiger partial charge in [0.05, 0.1) is 31.3 Å². The number of esters is 1. The highest BCUT2D eigenvalue weighted by molar-refractivity contribution is 7.18. The Labute approximate surface area is 180 Å². The van der Waals surface area contributed by atoms with Crippen molar-refractivity contribution in [2.45, 2.75) is 71.4 Å². The number of thiophene rings is 1. The first-order valence-electron chi connectivity index (χ1n) is 11.0. The molecule has 2 aromatic rings. The lowest BCUT2D eigenvalue weighted by Gasteiger charge is -2.27. The van der Waals surface area contributed by atoms with Gasteiger partial charge in [0.25, 0.3) is 5.56 Å². The van der Waals surface area contributed by atoms with Crippen molar-refractivity contribution in [1.29, 1.82) is 0 Å². The molecule has 162 valence electrons. The fraction of sp³-hybridized carbons (Fsp3) is 0.636. The Bertz CT molecular complexity index is 990. The summed E-state index contributed by atoms with van der Waals surface area (Å²) in [5.41, 5.74) is 1.12. The van der Waals surface area contributed by atoms with Crippen LogP contribution in [0.5, 0.6) is 0 Å². The fourth-order valence-corrected chi connectivity index (χ4v) is 5.80. The molecule has 0 bridgehead atoms. The number of carbonyl (C=O) groups excluding carboxylic acids is 2. The number of aromatic nitrogens is 2. The Hall–Kier alpha value is -2.22. The summed E-state index contributed by atoms with van der Waals surface area (Å²) in [6.45, 7) is 3.89. The van der Waals surface area contributed by atoms with Gasteiger partial charge < -0.3 is 9.64 Å². The van der Waals surface area contributed by atoms with Gasteiger partial charge in [-0.15, -0.1) is 11.3 Å². The first-order chi connectivity index (χ1) is 14.6. The van der Waals surface area contributed by atoms with E-state index in [9.17, 15) is 14.4 Å². The molecule has 7 nitrogen and oxygen atoms in total. The van der Waals surface area contributed by atoms with Crippen molar-refractivity contribution in [2.24, 2.45) is 5.92 Å². The second-order valence-electron chi connectivity index (χ2n) is 8.26. The van der Waals surface area contributed by atoms with Crippen molar-refractivity contribution in [1.82, 2.24) is 14.5 Å². The number of amides is 1. The van der Waals surface area contributed by atoms with E-state index in [1.165, 1.54) is 43.4 Å². The molecular formula is C22H29N3O4S. The van der Waals surface area contributed by atoms with E-state index in [4.69, 9.17) is 4.74 Å². The molecule has 1 aliphatic heterocycles. The van der Waals surface area contributed by atoms with Crippen LogP contribution in [0.25, 0.3) is 10.2 Å². The molecule has 0 saturated heterocycles. The molecule has 4 rings (SSSR count). The molecule has 0 N–H and O–H groups in total. The van der Waals surface area contributed by atoms with Gasteiger partial charge in [0.2, 0.25) is 5.91 Å². The van der Waals surface area contributed by atoms with Gasteiger partial charge in [-0.25, -0.2) is 4.98 Å². The summed E-state index contributed by atoms with van der Waals surface area (Å²) in [4.78, 5) is 45.4. The van der Waals surface area contributed by atoms with Gasteiger partial charge in [-0.2, -0.15) is 0 Å². The van der Waals surface area contributed by atoms with E-state index in [1.54, 1.807) is 22.7 Å². The number of nitrogens with zero attached hydrogens (tertiary/aromatic N) is 3. The van der Waals surface area contributed by atoms with Gasteiger partial charge in [0.1, 0.15) is 4.83 Å². The number of fused-ring (bicyclic) bond motifs is 3. The molecule has 1 saturated carbocycles. The molecule has 1 fully saturated rings. The van der Waals surface area contributed by atoms with E-state index in [1.807, 2.05) is 0 Å². The molecule has 2 aliphatic rings. The van der Waals surface area contributed by atoms with Crippen molar-refractivity contribution in [3.63, 3.8) is 0 Å². The van der Waals surface area contributed by atoms with E-state index >= 15 is 0 Å². The lowest BCUT2D eigenvalue weighted by Crippen LogP contribution is -2.36. The smallest absolute Gasteiger partial charge is 0.306 e. The molecule has 2 aromatic heterocycles. The van der Waals surface area contributed by atoms with E-state index in [-0.39, 0.29) is 30.3 Å². The van der Waals surface area contributed by atoms with Gasteiger partial charge >= 0.3 is 5.97 Å². The van der Waals surface area contributed by atoms with Gasteiger partial charge in [-0.05, 0) is 37.7 Å². The lowest BCUT2D eigenvalue weighted by molar-refractivity contribution is -0.145. The van der Waals surface area contributed by atoms with Crippen LogP contribution in [0.4, 0.5) is 0 Å². The minimum atomic E-state index is -0.340. The Morgan fingerprint density at radius 3 is 2.80 bits per heavy atom. The summed E-state index contributed by atoms with van der Waals surface area (Å²) in [5, 5.41) is 0.743. The molecule has 1 aliphatic carbocycles. The topological polar surface area (TPSA) is 81.5 Å². The zero-order valence-corrected chi connectivity index (χ0v) is 18.3. The Balaban J connectivity index is 1.49. The van der Waals surface area contributed by atoms with Crippen LogP contribution in [-0.4, -0.2) is 39.5 Å². The van der Waals surface area contributed by atoms with Crippen molar-refractivity contribution < 1.29 is 14.3 Å². The molecule has 0 spiro atoms. The third kappa shape index (κ3) is 4.43. The highest BCUT2D eigenvalue weighted by Gasteiger charge is 2.27. The Kier molecular flexibility index (Phi) is 6.51. The van der Waals surface area contributed by atoms with Crippen molar-refractivity contribution in [2.75, 3.05) is 13.2 Å². The predicted molar refractivity (Wildman–Crippen MR) is 115 cm³/mol. The number of hydrogen-bond acceptors (Lipinski definition) is 6. The van der Waals surface area contributed by atoms with Crippen LogP contribution < -0.4 is 5.56 Å². The highest BCUT2D eigenvalue weighted by Crippen LogP contribution is 2.33. The van der Waals surface area contributed by atoms with E-state index in [0.717, 1.165) is 27.2 Å². The second kappa shape index (κ2) is 9.29. The summed E-state index contributed by atoms with van der Waals surface area (Å²) in [6.07, 6.45) is 8.81. The number of ether oxygens (including phenoxy) is 1. The third-order valence-corrected chi connectivity index (χ3v) is 7.33. The van der Waals surface area contributed by atoms with Gasteiger partial charge in [0, 0.05) is 24.4 Å². The summed E-state index contributed by atoms with van der Waals surface area (Å²) in [6, 6.07) is 0. The monoisotopic (exact) mass is 431 g/mol. The number of rotatable bonds is 6. The van der Waals surface area contributed by atoms with Crippen LogP contribution in [0.15, 0.2) is 11.1 Å². The maximum Gasteiger partial charge on any atom is 0.306 e. The predicted octanol–water partition coefficient (Wildman–Crippen LogP) is 3.27. The summed E-state index contributed by atoms with van der Waals surface area (Å²) >= 11 is 1.51. The van der Waals surface area contributed by atoms with Crippen LogP contribution in [0.1, 0.15) is 62.3 Å². The molecular weight excluding hydrogens is 402 g/mol. The van der Waals surface area contributed by atoms with Gasteiger partial charge in [-0.3, -0.25) is 19.0 Å². The molecule has 30 heavy (non-hydrogen) atoms. The molecule has 8 heteroatoms. The summed E-state index contributed by atoms with van der Waals surface area (Å²) in [7, 11) is 0. The van der Waals surface area contributed by atoms with Gasteiger partial charge in [-0.1, -0.05) is 19.3 Å². The van der Waals surface area contributed by atoms with Crippen LogP contribution in [0.2, 0.25) is 0 Å². The van der Waals surface area contributed by atoms with E-state index in [0.29, 0.717) is 32.0 Å². The second-order valence-corrected chi connectivity index (χ2v) is 9.34. The lowest BCUT2D eigenvalue weighted by atomic mass is 9.89. The normalized spacial score (nSPS) is 17.2. The minimum absolute atomic E-state index is 0.0474. The minimum Gasteiger partial charge on any atom is -0.466 e. The Morgan fingerprint density at radius 2 is 2.03 bits per heavy atom. The van der Waals surface area contributed by atoms with Crippen LogP contribution >= 0.6 is 11.3 Å². The number of carbonyl (C=O) groups is 2. The fourth-order valence-electron chi connectivity index (χ4n) is 4.61. The molecule has 0 radical (unpaired) electrons. The molecule has 0 aromatic carbocycles. The van der Waals surface area contributed by atoms with Crippen molar-refractivity contribution >= 4 is 33.4 Å². The van der Waals surface area contributed by atoms with E-state index < -0.39 is 0 Å². The maximum absolute atomic E-state index is 13.2. The molecule has 1 amide bonds. The Morgan fingerprint density at radius 1 is 1.23 bits per heavy atom. The van der Waals surface area contributed by atoms with Crippen LogP contribution in [0, 0.1) is 5.92 Å². The molecule has 0 atom stereocenters. The first kappa shape index (κ1) is 21.0. The van der Waals surface area contributed by atoms with Crippen LogP contribution in [-0.2, 0) is 33.8 Å². The summed E-state index contributed by atoms with van der Waals surface area (Å²) < 4.78 is 6.70. The van der Waals surface area contributed by atoms with E-state index in [2.05, 4.69) is 4.98 Å². The van der Waals surface area contributed by atoms with Crippen molar-refractivity contribution in [3.05, 3.63) is 27.1 Å². The molecule has 0 unspecified atom stereocenters. The maximum atomic E-state index is 13.2. The van der Waals surface area contributed by atoms with Gasteiger partial charge in [0.15, 0.2) is 0 Å². The third-order valence-electron chi connectivity index (χ3n) is 6.21. The zero-order valence-electron chi connectivity index (χ0n) is 17.5. The highest BCUT2D eigenvalue weighted by atomic mass is 32.1. The summed E-state index contributed by atoms with van der Waals surface area (Å²) in [5.74, 6) is 0.180. The van der Waals surface area contributed by atoms with Crippen LogP contribution in [0.3, 0.4) is 0 Å². The zero-order chi connectivity index (χ0) is 21.1. The average molecular weight is 432 g/mol. The first-order valence-corrected chi connectivity index (χ1v) is 11.8. The van der Waals surface area contributed by atoms with Crippen molar-refractivity contribution in [3.8, 4) is 0 Å². The largest absolute Gasteiger partial charge is 0.466 e. The number of hydrogen-bond donors (Lipinski definition) is 0.